The highest BCUT2D eigenvalue weighted by atomic mass is 19.1. The normalized spacial score (nSPS) is 21.2. The molecule has 1 saturated heterocycles. The van der Waals surface area contributed by atoms with Crippen LogP contribution in [0.15, 0.2) is 30.5 Å². The molecule has 25 heavy (non-hydrogen) atoms. The molecule has 2 amide bonds. The predicted molar refractivity (Wildman–Crippen MR) is 93.2 cm³/mol. The van der Waals surface area contributed by atoms with Crippen molar-refractivity contribution >= 4 is 28.3 Å². The van der Waals surface area contributed by atoms with Crippen molar-refractivity contribution in [3.8, 4) is 0 Å². The van der Waals surface area contributed by atoms with Crippen LogP contribution >= 0.6 is 0 Å². The lowest BCUT2D eigenvalue weighted by Crippen LogP contribution is -2.51. The van der Waals surface area contributed by atoms with Crippen LogP contribution in [0.5, 0.6) is 0 Å². The van der Waals surface area contributed by atoms with Crippen LogP contribution in [0.4, 0.5) is 4.39 Å². The molecule has 130 valence electrons. The molecule has 2 aromatic rings. The molecule has 0 radical (unpaired) electrons. The first-order valence-corrected chi connectivity index (χ1v) is 8.66. The number of hydrogen-bond acceptors (Lipinski definition) is 2. The largest absolute Gasteiger partial charge is 0.360 e. The van der Waals surface area contributed by atoms with Gasteiger partial charge in [-0.15, -0.1) is 0 Å². The number of nitrogens with zero attached hydrogens (tertiary/aromatic N) is 1. The molecular formula is C19H20FN3O2. The minimum absolute atomic E-state index is 0.00403. The van der Waals surface area contributed by atoms with Crippen LogP contribution in [0, 0.1) is 5.82 Å². The number of H-pyrrole nitrogens is 1. The summed E-state index contributed by atoms with van der Waals surface area (Å²) in [6, 6.07) is 4.35. The predicted octanol–water partition coefficient (Wildman–Crippen LogP) is 2.59. The third kappa shape index (κ3) is 3.04. The maximum Gasteiger partial charge on any atom is 0.245 e. The van der Waals surface area contributed by atoms with Crippen molar-refractivity contribution in [1.82, 2.24) is 15.2 Å². The maximum absolute atomic E-state index is 13.3. The zero-order valence-electron chi connectivity index (χ0n) is 13.8. The SMILES string of the molecule is O=C1CCC[C@H](C(=O)N2CC=C(c3c[nH]c4cc(F)ccc34)CC2)N1. The molecule has 0 spiro atoms. The van der Waals surface area contributed by atoms with Crippen LogP contribution in [0.3, 0.4) is 0 Å². The second-order valence-electron chi connectivity index (χ2n) is 6.67. The molecule has 0 bridgehead atoms. The van der Waals surface area contributed by atoms with Gasteiger partial charge in [-0.1, -0.05) is 6.08 Å². The lowest BCUT2D eigenvalue weighted by Gasteiger charge is -2.31. The summed E-state index contributed by atoms with van der Waals surface area (Å²) in [7, 11) is 0. The van der Waals surface area contributed by atoms with E-state index >= 15 is 0 Å². The monoisotopic (exact) mass is 341 g/mol. The molecule has 0 saturated carbocycles. The highest BCUT2D eigenvalue weighted by molar-refractivity contribution is 5.94. The highest BCUT2D eigenvalue weighted by Crippen LogP contribution is 2.30. The van der Waals surface area contributed by atoms with Gasteiger partial charge in [0, 0.05) is 42.2 Å². The van der Waals surface area contributed by atoms with E-state index in [1.165, 1.54) is 12.1 Å². The minimum Gasteiger partial charge on any atom is -0.360 e. The molecule has 4 rings (SSSR count). The summed E-state index contributed by atoms with van der Waals surface area (Å²) in [4.78, 5) is 29.0. The summed E-state index contributed by atoms with van der Waals surface area (Å²) in [5.41, 5.74) is 3.00. The van der Waals surface area contributed by atoms with Crippen molar-refractivity contribution < 1.29 is 14.0 Å². The van der Waals surface area contributed by atoms with Gasteiger partial charge in [-0.2, -0.15) is 0 Å². The smallest absolute Gasteiger partial charge is 0.245 e. The second-order valence-corrected chi connectivity index (χ2v) is 6.67. The Bertz CT molecular complexity index is 871. The molecule has 2 aliphatic heterocycles. The van der Waals surface area contributed by atoms with Crippen LogP contribution in [-0.2, 0) is 9.59 Å². The number of benzene rings is 1. The number of nitrogens with one attached hydrogen (secondary N) is 2. The number of carbonyl (C=O) groups excluding carboxylic acids is 2. The number of aromatic nitrogens is 1. The van der Waals surface area contributed by atoms with Crippen LogP contribution in [0.25, 0.3) is 16.5 Å². The molecule has 6 heteroatoms. The van der Waals surface area contributed by atoms with Crippen LogP contribution in [0.1, 0.15) is 31.2 Å². The molecule has 1 aromatic carbocycles. The van der Waals surface area contributed by atoms with E-state index in [0.29, 0.717) is 25.9 Å². The first kappa shape index (κ1) is 15.9. The topological polar surface area (TPSA) is 65.2 Å². The molecule has 3 heterocycles. The van der Waals surface area contributed by atoms with E-state index in [4.69, 9.17) is 0 Å². The Kier molecular flexibility index (Phi) is 4.03. The number of carbonyl (C=O) groups is 2. The van der Waals surface area contributed by atoms with Crippen LogP contribution in [-0.4, -0.2) is 40.8 Å². The quantitative estimate of drug-likeness (QED) is 0.882. The summed E-state index contributed by atoms with van der Waals surface area (Å²) in [5.74, 6) is -0.293. The van der Waals surface area contributed by atoms with Crippen LogP contribution in [0.2, 0.25) is 0 Å². The van der Waals surface area contributed by atoms with Crippen molar-refractivity contribution in [1.29, 1.82) is 0 Å². The third-order valence-electron chi connectivity index (χ3n) is 5.04. The van der Waals surface area contributed by atoms with Crippen molar-refractivity contribution in [2.75, 3.05) is 13.1 Å². The third-order valence-corrected chi connectivity index (χ3v) is 5.04. The minimum atomic E-state index is -0.382. The van der Waals surface area contributed by atoms with E-state index in [1.807, 2.05) is 6.20 Å². The number of halogens is 1. The fourth-order valence-corrected chi connectivity index (χ4v) is 3.69. The Morgan fingerprint density at radius 3 is 2.92 bits per heavy atom. The molecule has 0 unspecified atom stereocenters. The van der Waals surface area contributed by atoms with E-state index in [9.17, 15) is 14.0 Å². The molecular weight excluding hydrogens is 321 g/mol. The van der Waals surface area contributed by atoms with Gasteiger partial charge in [0.1, 0.15) is 11.9 Å². The zero-order chi connectivity index (χ0) is 17.4. The zero-order valence-corrected chi connectivity index (χ0v) is 13.8. The van der Waals surface area contributed by atoms with Gasteiger partial charge in [0.25, 0.3) is 0 Å². The number of fused-ring (bicyclic) bond motifs is 1. The Labute approximate surface area is 144 Å². The van der Waals surface area contributed by atoms with Crippen molar-refractivity contribution in [3.05, 3.63) is 41.9 Å². The van der Waals surface area contributed by atoms with Gasteiger partial charge in [-0.05, 0) is 43.0 Å². The maximum atomic E-state index is 13.3. The van der Waals surface area contributed by atoms with E-state index in [1.54, 1.807) is 11.0 Å². The second kappa shape index (κ2) is 6.35. The summed E-state index contributed by atoms with van der Waals surface area (Å²) in [6.45, 7) is 1.17. The van der Waals surface area contributed by atoms with Gasteiger partial charge in [-0.25, -0.2) is 4.39 Å². The average Bonchev–Trinajstić information content (AvgIpc) is 3.04. The highest BCUT2D eigenvalue weighted by Gasteiger charge is 2.29. The first-order valence-electron chi connectivity index (χ1n) is 8.66. The number of piperidine rings is 1. The van der Waals surface area contributed by atoms with E-state index in [0.717, 1.165) is 34.9 Å². The Morgan fingerprint density at radius 2 is 2.16 bits per heavy atom. The number of rotatable bonds is 2. The summed E-state index contributed by atoms with van der Waals surface area (Å²) in [6.07, 6.45) is 6.69. The van der Waals surface area contributed by atoms with Gasteiger partial charge in [0.05, 0.1) is 0 Å². The van der Waals surface area contributed by atoms with Gasteiger partial charge >= 0.3 is 0 Å². The molecule has 1 atom stereocenters. The molecule has 5 nitrogen and oxygen atoms in total. The van der Waals surface area contributed by atoms with Gasteiger partial charge in [0.2, 0.25) is 11.8 Å². The van der Waals surface area contributed by atoms with E-state index < -0.39 is 0 Å². The van der Waals surface area contributed by atoms with Crippen molar-refractivity contribution in [3.63, 3.8) is 0 Å². The van der Waals surface area contributed by atoms with Gasteiger partial charge in [0.15, 0.2) is 0 Å². The van der Waals surface area contributed by atoms with E-state index in [-0.39, 0.29) is 23.7 Å². The lowest BCUT2D eigenvalue weighted by atomic mass is 9.97. The Morgan fingerprint density at radius 1 is 1.28 bits per heavy atom. The Balaban J connectivity index is 1.50. The molecule has 0 aliphatic carbocycles. The Hall–Kier alpha value is -2.63. The lowest BCUT2D eigenvalue weighted by molar-refractivity contribution is -0.137. The molecule has 1 aromatic heterocycles. The summed E-state index contributed by atoms with van der Waals surface area (Å²) in [5, 5.41) is 3.78. The van der Waals surface area contributed by atoms with E-state index in [2.05, 4.69) is 16.4 Å². The van der Waals surface area contributed by atoms with Crippen molar-refractivity contribution in [2.45, 2.75) is 31.7 Å². The number of aromatic amines is 1. The standard InChI is InChI=1S/C19H20FN3O2/c20-13-4-5-14-15(11-21-17(14)10-13)12-6-8-23(9-7-12)19(25)16-2-1-3-18(24)22-16/h4-6,10-11,16,21H,1-3,7-9H2,(H,22,24)/t16-/m1/s1. The van der Waals surface area contributed by atoms with Crippen molar-refractivity contribution in [2.24, 2.45) is 0 Å². The number of hydrogen-bond donors (Lipinski definition) is 2. The fraction of sp³-hybridized carbons (Fsp3) is 0.368. The fourth-order valence-electron chi connectivity index (χ4n) is 3.69. The molecule has 1 fully saturated rings. The molecule has 2 aliphatic rings. The summed E-state index contributed by atoms with van der Waals surface area (Å²) < 4.78 is 13.3. The molecule has 2 N–H and O–H groups in total. The van der Waals surface area contributed by atoms with Gasteiger partial charge < -0.3 is 15.2 Å². The summed E-state index contributed by atoms with van der Waals surface area (Å²) >= 11 is 0. The van der Waals surface area contributed by atoms with Crippen LogP contribution < -0.4 is 5.32 Å². The average molecular weight is 341 g/mol. The van der Waals surface area contributed by atoms with Gasteiger partial charge in [-0.3, -0.25) is 9.59 Å². The first-order chi connectivity index (χ1) is 12.1. The number of amides is 2.